The Bertz CT molecular complexity index is 854. The van der Waals surface area contributed by atoms with E-state index in [4.69, 9.17) is 16.7 Å². The van der Waals surface area contributed by atoms with Crippen LogP contribution in [0, 0.1) is 0 Å². The Morgan fingerprint density at radius 2 is 1.81 bits per heavy atom. The van der Waals surface area contributed by atoms with E-state index in [0.717, 1.165) is 17.0 Å². The lowest BCUT2D eigenvalue weighted by Crippen LogP contribution is -2.22. The van der Waals surface area contributed by atoms with Gasteiger partial charge in [0, 0.05) is 28.9 Å². The molecule has 0 aliphatic rings. The fraction of sp³-hybridized carbons (Fsp3) is 0.111. The molecule has 1 atom stereocenters. The number of hydrogen-bond donors (Lipinski definition) is 3. The predicted molar refractivity (Wildman–Crippen MR) is 105 cm³/mol. The molecule has 3 N–H and O–H groups in total. The molecule has 140 valence electrons. The molecule has 2 aromatic rings. The number of carboxylic acid groups (broad SMARTS) is 1. The number of carboxylic acids is 1. The number of amides is 2. The molecule has 0 saturated heterocycles. The Kier molecular flexibility index (Phi) is 7.39. The second kappa shape index (κ2) is 9.75. The number of halogens is 1. The number of thioether (sulfide) groups is 1. The van der Waals surface area contributed by atoms with Gasteiger partial charge in [0.2, 0.25) is 11.8 Å². The number of anilines is 2. The number of pyridine rings is 1. The number of carbonyl (C=O) groups excluding carboxylic acids is 2. The first-order chi connectivity index (χ1) is 12.8. The molecule has 0 radical (unpaired) electrons. The van der Waals surface area contributed by atoms with Crippen LogP contribution in [0.5, 0.6) is 0 Å². The SMILES string of the molecule is CC(Sc1ccc(NC(=O)/C=C/C(=O)O)cc1)C(=O)Nc1ccc(Cl)cn1. The van der Waals surface area contributed by atoms with Crippen LogP contribution in [-0.4, -0.2) is 33.1 Å². The molecule has 0 aliphatic heterocycles. The zero-order valence-electron chi connectivity index (χ0n) is 14.2. The van der Waals surface area contributed by atoms with Gasteiger partial charge in [0.1, 0.15) is 5.82 Å². The standard InChI is InChI=1S/C18H16ClN3O4S/c1-11(18(26)22-15-7-2-12(19)10-20-15)27-14-5-3-13(4-6-14)21-16(23)8-9-17(24)25/h2-11H,1H3,(H,21,23)(H,24,25)(H,20,22,26)/b9-8+. The molecule has 1 unspecified atom stereocenters. The minimum atomic E-state index is -1.20. The quantitative estimate of drug-likeness (QED) is 0.481. The van der Waals surface area contributed by atoms with Gasteiger partial charge in [-0.3, -0.25) is 9.59 Å². The third-order valence-electron chi connectivity index (χ3n) is 3.16. The largest absolute Gasteiger partial charge is 0.478 e. The van der Waals surface area contributed by atoms with E-state index in [0.29, 0.717) is 16.5 Å². The number of aromatic nitrogens is 1. The smallest absolute Gasteiger partial charge is 0.328 e. The Morgan fingerprint density at radius 1 is 1.11 bits per heavy atom. The minimum Gasteiger partial charge on any atom is -0.478 e. The lowest BCUT2D eigenvalue weighted by molar-refractivity contribution is -0.131. The summed E-state index contributed by atoms with van der Waals surface area (Å²) in [5, 5.41) is 13.8. The number of benzene rings is 1. The van der Waals surface area contributed by atoms with Gasteiger partial charge in [-0.05, 0) is 43.3 Å². The van der Waals surface area contributed by atoms with Crippen LogP contribution in [0.1, 0.15) is 6.92 Å². The van der Waals surface area contributed by atoms with Gasteiger partial charge in [0.25, 0.3) is 0 Å². The van der Waals surface area contributed by atoms with Crippen molar-refractivity contribution in [3.63, 3.8) is 0 Å². The highest BCUT2D eigenvalue weighted by molar-refractivity contribution is 8.00. The molecule has 9 heteroatoms. The van der Waals surface area contributed by atoms with E-state index in [9.17, 15) is 14.4 Å². The van der Waals surface area contributed by atoms with E-state index in [2.05, 4.69) is 15.6 Å². The Labute approximate surface area is 164 Å². The molecule has 1 aromatic heterocycles. The maximum Gasteiger partial charge on any atom is 0.328 e. The molecule has 1 heterocycles. The van der Waals surface area contributed by atoms with Gasteiger partial charge in [0.15, 0.2) is 0 Å². The molecular formula is C18H16ClN3O4S. The van der Waals surface area contributed by atoms with Gasteiger partial charge in [-0.15, -0.1) is 11.8 Å². The first kappa shape index (κ1) is 20.5. The van der Waals surface area contributed by atoms with Gasteiger partial charge in [-0.2, -0.15) is 0 Å². The van der Waals surface area contributed by atoms with Crippen LogP contribution in [-0.2, 0) is 14.4 Å². The highest BCUT2D eigenvalue weighted by atomic mass is 35.5. The number of hydrogen-bond acceptors (Lipinski definition) is 5. The van der Waals surface area contributed by atoms with E-state index >= 15 is 0 Å². The lowest BCUT2D eigenvalue weighted by atomic mass is 10.3. The van der Waals surface area contributed by atoms with Crippen LogP contribution >= 0.6 is 23.4 Å². The summed E-state index contributed by atoms with van der Waals surface area (Å²) < 4.78 is 0. The second-order valence-corrected chi connectivity index (χ2v) is 7.15. The van der Waals surface area contributed by atoms with Crippen LogP contribution in [0.2, 0.25) is 5.02 Å². The van der Waals surface area contributed by atoms with Crippen LogP contribution < -0.4 is 10.6 Å². The molecule has 7 nitrogen and oxygen atoms in total. The number of nitrogens with one attached hydrogen (secondary N) is 2. The highest BCUT2D eigenvalue weighted by Crippen LogP contribution is 2.25. The monoisotopic (exact) mass is 405 g/mol. The topological polar surface area (TPSA) is 108 Å². The maximum absolute atomic E-state index is 12.2. The van der Waals surface area contributed by atoms with Crippen LogP contribution in [0.4, 0.5) is 11.5 Å². The lowest BCUT2D eigenvalue weighted by Gasteiger charge is -2.12. The summed E-state index contributed by atoms with van der Waals surface area (Å²) in [5.41, 5.74) is 0.516. The number of carbonyl (C=O) groups is 3. The van der Waals surface area contributed by atoms with Crippen molar-refractivity contribution in [2.24, 2.45) is 0 Å². The van der Waals surface area contributed by atoms with Crippen LogP contribution in [0.25, 0.3) is 0 Å². The molecular weight excluding hydrogens is 390 g/mol. The summed E-state index contributed by atoms with van der Waals surface area (Å²) >= 11 is 7.10. The molecule has 2 rings (SSSR count). The van der Waals surface area contributed by atoms with Gasteiger partial charge < -0.3 is 15.7 Å². The Balaban J connectivity index is 1.89. The Morgan fingerprint density at radius 3 is 2.41 bits per heavy atom. The fourth-order valence-corrected chi connectivity index (χ4v) is 2.86. The third-order valence-corrected chi connectivity index (χ3v) is 4.50. The third kappa shape index (κ3) is 7.12. The number of rotatable bonds is 7. The molecule has 2 amide bonds. The van der Waals surface area contributed by atoms with E-state index < -0.39 is 11.9 Å². The van der Waals surface area contributed by atoms with Gasteiger partial charge >= 0.3 is 5.97 Å². The summed E-state index contributed by atoms with van der Waals surface area (Å²) in [6.45, 7) is 1.77. The first-order valence-electron chi connectivity index (χ1n) is 7.74. The molecule has 0 saturated carbocycles. The van der Waals surface area contributed by atoms with E-state index in [1.165, 1.54) is 18.0 Å². The summed E-state index contributed by atoms with van der Waals surface area (Å²) in [5.74, 6) is -1.52. The van der Waals surface area contributed by atoms with E-state index in [-0.39, 0.29) is 11.2 Å². The normalized spacial score (nSPS) is 11.8. The van der Waals surface area contributed by atoms with Crippen LogP contribution in [0.3, 0.4) is 0 Å². The summed E-state index contributed by atoms with van der Waals surface area (Å²) in [6.07, 6.45) is 3.14. The first-order valence-corrected chi connectivity index (χ1v) is 9.00. The van der Waals surface area contributed by atoms with Gasteiger partial charge in [0.05, 0.1) is 10.3 Å². The second-order valence-electron chi connectivity index (χ2n) is 5.30. The van der Waals surface area contributed by atoms with Crippen molar-refractivity contribution in [2.45, 2.75) is 17.1 Å². The van der Waals surface area contributed by atoms with Crippen molar-refractivity contribution in [1.82, 2.24) is 4.98 Å². The zero-order chi connectivity index (χ0) is 19.8. The molecule has 27 heavy (non-hydrogen) atoms. The van der Waals surface area contributed by atoms with Crippen LogP contribution in [0.15, 0.2) is 59.6 Å². The van der Waals surface area contributed by atoms with E-state index in [1.54, 1.807) is 43.3 Å². The van der Waals surface area contributed by atoms with Crippen molar-refractivity contribution in [3.05, 3.63) is 59.8 Å². The average molecular weight is 406 g/mol. The summed E-state index contributed by atoms with van der Waals surface area (Å²) in [4.78, 5) is 39.0. The molecule has 0 aliphatic carbocycles. The van der Waals surface area contributed by atoms with Crippen molar-refractivity contribution < 1.29 is 19.5 Å². The van der Waals surface area contributed by atoms with E-state index in [1.807, 2.05) is 0 Å². The van der Waals surface area contributed by atoms with Crippen molar-refractivity contribution >= 4 is 52.7 Å². The minimum absolute atomic E-state index is 0.203. The molecule has 1 aromatic carbocycles. The molecule has 0 spiro atoms. The summed E-state index contributed by atoms with van der Waals surface area (Å²) in [6, 6.07) is 10.1. The van der Waals surface area contributed by atoms with Crippen molar-refractivity contribution in [1.29, 1.82) is 0 Å². The predicted octanol–water partition coefficient (Wildman–Crippen LogP) is 3.43. The summed E-state index contributed by atoms with van der Waals surface area (Å²) in [7, 11) is 0. The van der Waals surface area contributed by atoms with Crippen molar-refractivity contribution in [3.8, 4) is 0 Å². The zero-order valence-corrected chi connectivity index (χ0v) is 15.8. The average Bonchev–Trinajstić information content (AvgIpc) is 2.63. The van der Waals surface area contributed by atoms with Crippen molar-refractivity contribution in [2.75, 3.05) is 10.6 Å². The Hall–Kier alpha value is -2.84. The number of nitrogens with zero attached hydrogens (tertiary/aromatic N) is 1. The van der Waals surface area contributed by atoms with Gasteiger partial charge in [-0.25, -0.2) is 9.78 Å². The van der Waals surface area contributed by atoms with Gasteiger partial charge in [-0.1, -0.05) is 11.6 Å². The fourth-order valence-electron chi connectivity index (χ4n) is 1.88. The number of aliphatic carboxylic acids is 1. The molecule has 0 fully saturated rings. The highest BCUT2D eigenvalue weighted by Gasteiger charge is 2.15. The molecule has 0 bridgehead atoms. The maximum atomic E-state index is 12.2.